The Kier molecular flexibility index (Phi) is 4.30. The highest BCUT2D eigenvalue weighted by atomic mass is 16.5. The van der Waals surface area contributed by atoms with Crippen molar-refractivity contribution in [3.63, 3.8) is 0 Å². The molecule has 1 N–H and O–H groups in total. The number of nitriles is 1. The fraction of sp³-hybridized carbons (Fsp3) is 0.619. The molecule has 0 aromatic heterocycles. The minimum Gasteiger partial charge on any atom is -0.493 e. The fourth-order valence-corrected chi connectivity index (χ4v) is 5.02. The minimum atomic E-state index is -0.692. The van der Waals surface area contributed by atoms with Crippen LogP contribution < -0.4 is 9.47 Å². The van der Waals surface area contributed by atoms with Gasteiger partial charge in [-0.1, -0.05) is 6.07 Å². The summed E-state index contributed by atoms with van der Waals surface area (Å²) >= 11 is 0. The first kappa shape index (κ1) is 17.2. The van der Waals surface area contributed by atoms with Gasteiger partial charge in [0.25, 0.3) is 0 Å². The molecule has 0 heterocycles. The van der Waals surface area contributed by atoms with Gasteiger partial charge in [-0.05, 0) is 74.5 Å². The predicted octanol–water partition coefficient (Wildman–Crippen LogP) is 3.91. The molecule has 0 saturated heterocycles. The molecule has 0 spiro atoms. The van der Waals surface area contributed by atoms with Crippen LogP contribution in [-0.4, -0.2) is 24.3 Å². The molecule has 138 valence electrons. The number of aliphatic carboxylic acids is 1. The van der Waals surface area contributed by atoms with Crippen LogP contribution in [-0.2, 0) is 10.2 Å². The number of benzene rings is 1. The molecule has 1 aromatic carbocycles. The summed E-state index contributed by atoms with van der Waals surface area (Å²) in [4.78, 5) is 11.3. The monoisotopic (exact) mass is 355 g/mol. The van der Waals surface area contributed by atoms with Crippen molar-refractivity contribution in [2.24, 2.45) is 17.8 Å². The first-order valence-electron chi connectivity index (χ1n) is 9.54. The number of carboxylic acid groups (broad SMARTS) is 1. The molecule has 1 aromatic rings. The van der Waals surface area contributed by atoms with E-state index in [0.717, 1.165) is 37.0 Å². The van der Waals surface area contributed by atoms with Gasteiger partial charge in [-0.3, -0.25) is 4.79 Å². The Bertz CT molecular complexity index is 735. The average molecular weight is 355 g/mol. The third-order valence-electron chi connectivity index (χ3n) is 6.69. The second-order valence-electron chi connectivity index (χ2n) is 8.17. The quantitative estimate of drug-likeness (QED) is 0.866. The highest BCUT2D eigenvalue weighted by molar-refractivity contribution is 5.70. The highest BCUT2D eigenvalue weighted by Gasteiger charge is 2.52. The summed E-state index contributed by atoms with van der Waals surface area (Å²) in [5.41, 5.74) is 0.444. The number of nitrogens with zero attached hydrogens (tertiary/aromatic N) is 1. The van der Waals surface area contributed by atoms with E-state index in [0.29, 0.717) is 30.4 Å². The molecule has 3 aliphatic rings. The zero-order chi connectivity index (χ0) is 18.3. The van der Waals surface area contributed by atoms with Crippen LogP contribution in [0, 0.1) is 29.1 Å². The summed E-state index contributed by atoms with van der Waals surface area (Å²) in [7, 11) is 1.63. The Balaban J connectivity index is 1.59. The molecule has 5 nitrogen and oxygen atoms in total. The Morgan fingerprint density at radius 1 is 1.23 bits per heavy atom. The standard InChI is InChI=1S/C21H25NO4/c1-25-18-6-5-16(9-19(18)26-17-3-2-4-17)21(12-22)10-14-7-13(20(23)24)8-15(14)11-21/h5-6,9,13-15,17H,2-4,7-8,10-11H2,1H3,(H,23,24)/t13?,14-,15+,21?. The topological polar surface area (TPSA) is 79.5 Å². The zero-order valence-corrected chi connectivity index (χ0v) is 15.1. The van der Waals surface area contributed by atoms with Gasteiger partial charge in [0.1, 0.15) is 0 Å². The molecule has 4 atom stereocenters. The molecule has 2 unspecified atom stereocenters. The lowest BCUT2D eigenvalue weighted by Gasteiger charge is -2.29. The molecule has 0 radical (unpaired) electrons. The number of fused-ring (bicyclic) bond motifs is 1. The van der Waals surface area contributed by atoms with Gasteiger partial charge in [-0.15, -0.1) is 0 Å². The van der Waals surface area contributed by atoms with Crippen LogP contribution in [0.4, 0.5) is 0 Å². The molecule has 3 aliphatic carbocycles. The van der Waals surface area contributed by atoms with E-state index in [9.17, 15) is 15.2 Å². The van der Waals surface area contributed by atoms with Crippen molar-refractivity contribution in [3.8, 4) is 17.6 Å². The molecular weight excluding hydrogens is 330 g/mol. The Hall–Kier alpha value is -2.22. The van der Waals surface area contributed by atoms with E-state index in [4.69, 9.17) is 9.47 Å². The zero-order valence-electron chi connectivity index (χ0n) is 15.1. The second kappa shape index (κ2) is 6.50. The van der Waals surface area contributed by atoms with Gasteiger partial charge < -0.3 is 14.6 Å². The van der Waals surface area contributed by atoms with Gasteiger partial charge in [-0.2, -0.15) is 5.26 Å². The lowest BCUT2D eigenvalue weighted by atomic mass is 9.77. The van der Waals surface area contributed by atoms with Crippen LogP contribution in [0.1, 0.15) is 50.5 Å². The van der Waals surface area contributed by atoms with E-state index in [1.165, 1.54) is 6.42 Å². The summed E-state index contributed by atoms with van der Waals surface area (Å²) in [5.74, 6) is 1.16. The van der Waals surface area contributed by atoms with Crippen molar-refractivity contribution in [2.75, 3.05) is 7.11 Å². The lowest BCUT2D eigenvalue weighted by Crippen LogP contribution is -2.26. The van der Waals surface area contributed by atoms with E-state index in [-0.39, 0.29) is 12.0 Å². The SMILES string of the molecule is COc1ccc(C2(C#N)C[C@H]3CC(C(=O)O)C[C@H]3C2)cc1OC1CCC1. The molecular formula is C21H25NO4. The van der Waals surface area contributed by atoms with Gasteiger partial charge in [0, 0.05) is 0 Å². The van der Waals surface area contributed by atoms with Crippen LogP contribution in [0.3, 0.4) is 0 Å². The molecule has 5 heteroatoms. The third kappa shape index (κ3) is 2.82. The van der Waals surface area contributed by atoms with Crippen LogP contribution in [0.2, 0.25) is 0 Å². The van der Waals surface area contributed by atoms with Gasteiger partial charge in [0.2, 0.25) is 0 Å². The number of hydrogen-bond acceptors (Lipinski definition) is 4. The van der Waals surface area contributed by atoms with Crippen molar-refractivity contribution in [2.45, 2.75) is 56.5 Å². The molecule has 3 saturated carbocycles. The summed E-state index contributed by atoms with van der Waals surface area (Å²) in [6, 6.07) is 8.43. The van der Waals surface area contributed by atoms with Crippen molar-refractivity contribution in [3.05, 3.63) is 23.8 Å². The molecule has 4 rings (SSSR count). The smallest absolute Gasteiger partial charge is 0.306 e. The van der Waals surface area contributed by atoms with E-state index >= 15 is 0 Å². The molecule has 3 fully saturated rings. The van der Waals surface area contributed by atoms with Crippen LogP contribution in [0.25, 0.3) is 0 Å². The van der Waals surface area contributed by atoms with E-state index < -0.39 is 11.4 Å². The summed E-state index contributed by atoms with van der Waals surface area (Å²) < 4.78 is 11.5. The van der Waals surface area contributed by atoms with Crippen LogP contribution in [0.5, 0.6) is 11.5 Å². The second-order valence-corrected chi connectivity index (χ2v) is 8.17. The molecule has 0 aliphatic heterocycles. The fourth-order valence-electron chi connectivity index (χ4n) is 5.02. The van der Waals surface area contributed by atoms with Gasteiger partial charge in [0.15, 0.2) is 11.5 Å². The number of ether oxygens (including phenoxy) is 2. The van der Waals surface area contributed by atoms with Gasteiger partial charge >= 0.3 is 5.97 Å². The van der Waals surface area contributed by atoms with Crippen molar-refractivity contribution < 1.29 is 19.4 Å². The predicted molar refractivity (Wildman–Crippen MR) is 95.1 cm³/mol. The number of carbonyl (C=O) groups is 1. The number of methoxy groups -OCH3 is 1. The van der Waals surface area contributed by atoms with Crippen molar-refractivity contribution in [1.82, 2.24) is 0 Å². The maximum Gasteiger partial charge on any atom is 0.306 e. The first-order valence-corrected chi connectivity index (χ1v) is 9.54. The minimum absolute atomic E-state index is 0.241. The van der Waals surface area contributed by atoms with Crippen LogP contribution in [0.15, 0.2) is 18.2 Å². The van der Waals surface area contributed by atoms with Crippen LogP contribution >= 0.6 is 0 Å². The molecule has 0 bridgehead atoms. The number of carboxylic acids is 1. The van der Waals surface area contributed by atoms with Crippen molar-refractivity contribution in [1.29, 1.82) is 5.26 Å². The molecule has 0 amide bonds. The Labute approximate surface area is 153 Å². The summed E-state index contributed by atoms with van der Waals surface area (Å²) in [6.07, 6.45) is 6.46. The number of hydrogen-bond donors (Lipinski definition) is 1. The largest absolute Gasteiger partial charge is 0.493 e. The average Bonchev–Trinajstić information content (AvgIpc) is 3.14. The van der Waals surface area contributed by atoms with E-state index in [1.807, 2.05) is 18.2 Å². The Morgan fingerprint density at radius 3 is 2.42 bits per heavy atom. The summed E-state index contributed by atoms with van der Waals surface area (Å²) in [6.45, 7) is 0. The third-order valence-corrected chi connectivity index (χ3v) is 6.69. The lowest BCUT2D eigenvalue weighted by molar-refractivity contribution is -0.141. The first-order chi connectivity index (χ1) is 12.5. The maximum atomic E-state index is 11.3. The normalized spacial score (nSPS) is 33.2. The van der Waals surface area contributed by atoms with Crippen molar-refractivity contribution >= 4 is 5.97 Å². The molecule has 26 heavy (non-hydrogen) atoms. The van der Waals surface area contributed by atoms with E-state index in [2.05, 4.69) is 6.07 Å². The van der Waals surface area contributed by atoms with E-state index in [1.54, 1.807) is 7.11 Å². The summed E-state index contributed by atoms with van der Waals surface area (Å²) in [5, 5.41) is 19.3. The van der Waals surface area contributed by atoms with Gasteiger partial charge in [-0.25, -0.2) is 0 Å². The number of rotatable bonds is 5. The van der Waals surface area contributed by atoms with Gasteiger partial charge in [0.05, 0.1) is 30.6 Å². The highest BCUT2D eigenvalue weighted by Crippen LogP contribution is 2.56. The Morgan fingerprint density at radius 2 is 1.92 bits per heavy atom. The maximum absolute atomic E-state index is 11.3.